The van der Waals surface area contributed by atoms with Gasteiger partial charge in [0.05, 0.1) is 11.6 Å². The Labute approximate surface area is 203 Å². The Hall–Kier alpha value is -4.87. The zero-order valence-electron chi connectivity index (χ0n) is 19.2. The van der Waals surface area contributed by atoms with Gasteiger partial charge in [0, 0.05) is 6.54 Å². The van der Waals surface area contributed by atoms with Crippen LogP contribution in [0.4, 0.5) is 4.39 Å². The zero-order valence-corrected chi connectivity index (χ0v) is 19.2. The van der Waals surface area contributed by atoms with Gasteiger partial charge in [-0.1, -0.05) is 24.3 Å². The number of H-pyrrole nitrogens is 1. The van der Waals surface area contributed by atoms with Gasteiger partial charge in [-0.2, -0.15) is 0 Å². The molecular weight excluding hydrogens is 471 g/mol. The number of halogens is 1. The summed E-state index contributed by atoms with van der Waals surface area (Å²) >= 11 is 0. The Balaban J connectivity index is 1.57. The number of aromatic carboxylic acids is 1. The number of rotatable bonds is 7. The summed E-state index contributed by atoms with van der Waals surface area (Å²) in [6.07, 6.45) is 0. The Morgan fingerprint density at radius 3 is 2.50 bits per heavy atom. The Morgan fingerprint density at radius 2 is 1.83 bits per heavy atom. The molecule has 2 amide bonds. The highest BCUT2D eigenvalue weighted by Crippen LogP contribution is 2.15. The van der Waals surface area contributed by atoms with Crippen LogP contribution < -0.4 is 16.3 Å². The number of carboxylic acids is 1. The minimum atomic E-state index is -1.06. The first-order chi connectivity index (χ1) is 17.1. The summed E-state index contributed by atoms with van der Waals surface area (Å²) in [5, 5.41) is 20.4. The second kappa shape index (κ2) is 9.78. The average Bonchev–Trinajstić information content (AvgIpc) is 3.24. The van der Waals surface area contributed by atoms with E-state index < -0.39 is 29.5 Å². The molecule has 0 aliphatic rings. The minimum absolute atomic E-state index is 0.0568. The van der Waals surface area contributed by atoms with E-state index in [0.717, 1.165) is 4.40 Å². The smallest absolute Gasteiger partial charge is 0.349 e. The van der Waals surface area contributed by atoms with Crippen molar-refractivity contribution in [3.63, 3.8) is 0 Å². The molecule has 0 spiro atoms. The van der Waals surface area contributed by atoms with Crippen molar-refractivity contribution >= 4 is 23.6 Å². The molecule has 2 aromatic heterocycles. The molecule has 12 heteroatoms. The molecule has 36 heavy (non-hydrogen) atoms. The van der Waals surface area contributed by atoms with Gasteiger partial charge in [-0.05, 0) is 54.8 Å². The largest absolute Gasteiger partial charge is 0.478 e. The van der Waals surface area contributed by atoms with Crippen molar-refractivity contribution in [2.75, 3.05) is 0 Å². The van der Waals surface area contributed by atoms with Gasteiger partial charge in [0.25, 0.3) is 17.6 Å². The monoisotopic (exact) mass is 492 g/mol. The normalized spacial score (nSPS) is 11.8. The molecule has 0 saturated carbocycles. The first kappa shape index (κ1) is 24.3. The number of aromatic nitrogens is 4. The lowest BCUT2D eigenvalue weighted by Gasteiger charge is -2.15. The molecule has 0 saturated heterocycles. The fraction of sp³-hybridized carbons (Fsp3) is 0.167. The number of nitrogens with zero attached hydrogens (tertiary/aromatic N) is 3. The van der Waals surface area contributed by atoms with Crippen LogP contribution in [0, 0.1) is 12.7 Å². The molecule has 4 rings (SSSR count). The zero-order chi connectivity index (χ0) is 26.0. The summed E-state index contributed by atoms with van der Waals surface area (Å²) in [6.45, 7) is 3.36. The fourth-order valence-electron chi connectivity index (χ4n) is 3.56. The van der Waals surface area contributed by atoms with Gasteiger partial charge in [0.1, 0.15) is 17.2 Å². The van der Waals surface area contributed by atoms with Crippen LogP contribution in [0.5, 0.6) is 0 Å². The van der Waals surface area contributed by atoms with E-state index in [1.54, 1.807) is 32.0 Å². The molecule has 4 N–H and O–H groups in total. The summed E-state index contributed by atoms with van der Waals surface area (Å²) in [6, 6.07) is 11.1. The maximum absolute atomic E-state index is 13.5. The van der Waals surface area contributed by atoms with Crippen LogP contribution >= 0.6 is 0 Å². The maximum atomic E-state index is 13.5. The van der Waals surface area contributed by atoms with E-state index in [2.05, 4.69) is 25.8 Å². The SMILES string of the molecule is Cc1cc(CNC(=O)c2cc(C(=O)N[C@H](C)c3ccc(C(=O)O)cc3)nc3n[nH]c(=O)n23)ccc1F. The van der Waals surface area contributed by atoms with E-state index >= 15 is 0 Å². The topological polar surface area (TPSA) is 159 Å². The van der Waals surface area contributed by atoms with Crippen LogP contribution in [0.3, 0.4) is 0 Å². The van der Waals surface area contributed by atoms with Crippen molar-refractivity contribution in [2.24, 2.45) is 0 Å². The highest BCUT2D eigenvalue weighted by Gasteiger charge is 2.21. The summed E-state index contributed by atoms with van der Waals surface area (Å²) in [4.78, 5) is 53.2. The molecule has 0 fully saturated rings. The molecule has 0 unspecified atom stereocenters. The van der Waals surface area contributed by atoms with Gasteiger partial charge in [0.2, 0.25) is 0 Å². The molecule has 2 heterocycles. The van der Waals surface area contributed by atoms with Gasteiger partial charge in [0.15, 0.2) is 0 Å². The number of carbonyl (C=O) groups excluding carboxylic acids is 2. The second-order valence-electron chi connectivity index (χ2n) is 8.08. The van der Waals surface area contributed by atoms with Crippen molar-refractivity contribution in [2.45, 2.75) is 26.4 Å². The maximum Gasteiger partial charge on any atom is 0.349 e. The van der Waals surface area contributed by atoms with E-state index in [0.29, 0.717) is 16.7 Å². The van der Waals surface area contributed by atoms with E-state index in [-0.39, 0.29) is 35.1 Å². The number of carbonyl (C=O) groups is 3. The van der Waals surface area contributed by atoms with Crippen molar-refractivity contribution in [3.05, 3.63) is 98.5 Å². The number of carboxylic acid groups (broad SMARTS) is 1. The number of hydrogen-bond acceptors (Lipinski definition) is 6. The van der Waals surface area contributed by atoms with Crippen LogP contribution in [-0.4, -0.2) is 42.5 Å². The highest BCUT2D eigenvalue weighted by atomic mass is 19.1. The molecule has 184 valence electrons. The van der Waals surface area contributed by atoms with Crippen LogP contribution in [0.2, 0.25) is 0 Å². The van der Waals surface area contributed by atoms with Crippen molar-refractivity contribution < 1.29 is 23.9 Å². The summed E-state index contributed by atoms with van der Waals surface area (Å²) in [7, 11) is 0. The standard InChI is InChI=1S/C24H21FN6O5/c1-12-9-14(3-8-17(12)25)11-26-21(33)19-10-18(28-23-29-30-24(36)31(19)23)20(32)27-13(2)15-4-6-16(7-5-15)22(34)35/h3-10,13H,11H2,1-2H3,(H,26,33)(H,27,32)(H,30,36)(H,34,35)/t13-/m1/s1. The lowest BCUT2D eigenvalue weighted by Crippen LogP contribution is -2.31. The molecule has 0 bridgehead atoms. The third kappa shape index (κ3) is 4.97. The first-order valence-corrected chi connectivity index (χ1v) is 10.8. The summed E-state index contributed by atoms with van der Waals surface area (Å²) < 4.78 is 14.5. The van der Waals surface area contributed by atoms with E-state index in [9.17, 15) is 23.6 Å². The van der Waals surface area contributed by atoms with Gasteiger partial charge in [-0.3, -0.25) is 9.59 Å². The first-order valence-electron chi connectivity index (χ1n) is 10.8. The third-order valence-corrected chi connectivity index (χ3v) is 5.54. The minimum Gasteiger partial charge on any atom is -0.478 e. The van der Waals surface area contributed by atoms with Crippen molar-refractivity contribution in [1.29, 1.82) is 0 Å². The average molecular weight is 492 g/mol. The fourth-order valence-corrected chi connectivity index (χ4v) is 3.56. The molecule has 0 radical (unpaired) electrons. The Bertz CT molecular complexity index is 1540. The predicted molar refractivity (Wildman–Crippen MR) is 125 cm³/mol. The van der Waals surface area contributed by atoms with Crippen LogP contribution in [0.1, 0.15) is 61.0 Å². The second-order valence-corrected chi connectivity index (χ2v) is 8.08. The lowest BCUT2D eigenvalue weighted by molar-refractivity contribution is 0.0696. The number of nitrogens with one attached hydrogen (secondary N) is 3. The van der Waals surface area contributed by atoms with Gasteiger partial charge in [-0.25, -0.2) is 28.5 Å². The van der Waals surface area contributed by atoms with Crippen molar-refractivity contribution in [1.82, 2.24) is 30.2 Å². The number of aryl methyl sites for hydroxylation is 1. The van der Waals surface area contributed by atoms with Crippen molar-refractivity contribution in [3.8, 4) is 0 Å². The quantitative estimate of drug-likeness (QED) is 0.307. The van der Waals surface area contributed by atoms with E-state index in [4.69, 9.17) is 5.11 Å². The van der Waals surface area contributed by atoms with E-state index in [1.165, 1.54) is 30.3 Å². The number of amides is 2. The third-order valence-electron chi connectivity index (χ3n) is 5.54. The molecule has 11 nitrogen and oxygen atoms in total. The van der Waals surface area contributed by atoms with Crippen LogP contribution in [0.25, 0.3) is 5.78 Å². The van der Waals surface area contributed by atoms with E-state index in [1.807, 2.05) is 0 Å². The number of benzene rings is 2. The molecule has 4 aromatic rings. The van der Waals surface area contributed by atoms with Gasteiger partial charge >= 0.3 is 11.7 Å². The number of aromatic amines is 1. The Morgan fingerprint density at radius 1 is 1.11 bits per heavy atom. The molecular formula is C24H21FN6O5. The molecule has 2 aromatic carbocycles. The number of hydrogen-bond donors (Lipinski definition) is 4. The molecule has 0 aliphatic carbocycles. The highest BCUT2D eigenvalue weighted by molar-refractivity contribution is 5.98. The van der Waals surface area contributed by atoms with Gasteiger partial charge < -0.3 is 15.7 Å². The van der Waals surface area contributed by atoms with Crippen LogP contribution in [0.15, 0.2) is 53.3 Å². The molecule has 0 aliphatic heterocycles. The summed E-state index contributed by atoms with van der Waals surface area (Å²) in [5.74, 6) is -2.90. The van der Waals surface area contributed by atoms with Crippen LogP contribution in [-0.2, 0) is 6.54 Å². The van der Waals surface area contributed by atoms with Gasteiger partial charge in [-0.15, -0.1) is 5.10 Å². The predicted octanol–water partition coefficient (Wildman–Crippen LogP) is 1.98. The molecule has 1 atom stereocenters. The summed E-state index contributed by atoms with van der Waals surface area (Å²) in [5.41, 5.74) is 0.800. The Kier molecular flexibility index (Phi) is 6.59. The number of fused-ring (bicyclic) bond motifs is 1. The lowest BCUT2D eigenvalue weighted by atomic mass is 10.1.